The summed E-state index contributed by atoms with van der Waals surface area (Å²) in [5.41, 5.74) is 0.00620. The van der Waals surface area contributed by atoms with Gasteiger partial charge in [-0.3, -0.25) is 0 Å². The molecule has 1 heterocycles. The fraction of sp³-hybridized carbons (Fsp3) is 0.889. The number of carbonyl (C=O) groups is 1. The highest BCUT2D eigenvalue weighted by molar-refractivity contribution is 5.56. The van der Waals surface area contributed by atoms with Crippen LogP contribution in [-0.2, 0) is 14.3 Å². The normalized spacial score (nSPS) is 46.1. The summed E-state index contributed by atoms with van der Waals surface area (Å²) in [6.45, 7) is 0. The summed E-state index contributed by atoms with van der Waals surface area (Å²) in [7, 11) is 1.73. The minimum Gasteiger partial charge on any atom is -0.381 e. The molecule has 2 aliphatic rings. The fourth-order valence-electron chi connectivity index (χ4n) is 2.18. The summed E-state index contributed by atoms with van der Waals surface area (Å²) in [6, 6.07) is 0. The Kier molecular flexibility index (Phi) is 1.93. The van der Waals surface area contributed by atoms with Gasteiger partial charge in [0.05, 0.1) is 11.7 Å². The van der Waals surface area contributed by atoms with E-state index in [9.17, 15) is 4.79 Å². The minimum absolute atomic E-state index is 0.00620. The van der Waals surface area contributed by atoms with Gasteiger partial charge in [0.1, 0.15) is 12.4 Å². The second kappa shape index (κ2) is 2.82. The molecule has 0 aromatic heterocycles. The summed E-state index contributed by atoms with van der Waals surface area (Å²) < 4.78 is 10.8. The number of methoxy groups -OCH3 is 1. The van der Waals surface area contributed by atoms with Crippen molar-refractivity contribution in [1.82, 2.24) is 0 Å². The van der Waals surface area contributed by atoms with Crippen LogP contribution < -0.4 is 0 Å². The number of hydrogen-bond acceptors (Lipinski definition) is 3. The van der Waals surface area contributed by atoms with Gasteiger partial charge in [0.25, 0.3) is 0 Å². The van der Waals surface area contributed by atoms with Crippen molar-refractivity contribution in [3.8, 4) is 0 Å². The number of aldehydes is 1. The molecule has 68 valence electrons. The predicted octanol–water partition coefficient (Wildman–Crippen LogP) is 0.912. The summed E-state index contributed by atoms with van der Waals surface area (Å²) in [6.07, 6.45) is 4.96. The third-order valence-corrected chi connectivity index (χ3v) is 2.97. The maximum absolute atomic E-state index is 10.4. The van der Waals surface area contributed by atoms with E-state index in [1.165, 1.54) is 0 Å². The van der Waals surface area contributed by atoms with Crippen molar-refractivity contribution in [3.05, 3.63) is 0 Å². The Morgan fingerprint density at radius 2 is 2.33 bits per heavy atom. The van der Waals surface area contributed by atoms with Gasteiger partial charge in [-0.1, -0.05) is 0 Å². The Balaban J connectivity index is 1.88. The van der Waals surface area contributed by atoms with E-state index in [1.807, 2.05) is 0 Å². The highest BCUT2D eigenvalue weighted by Crippen LogP contribution is 2.46. The van der Waals surface area contributed by atoms with Crippen molar-refractivity contribution in [3.63, 3.8) is 0 Å². The van der Waals surface area contributed by atoms with Gasteiger partial charge in [-0.15, -0.1) is 0 Å². The maximum atomic E-state index is 10.4. The van der Waals surface area contributed by atoms with Crippen LogP contribution in [-0.4, -0.2) is 31.2 Å². The molecule has 1 atom stereocenters. The van der Waals surface area contributed by atoms with Crippen LogP contribution in [0.1, 0.15) is 25.7 Å². The van der Waals surface area contributed by atoms with Crippen LogP contribution in [0.2, 0.25) is 0 Å². The Bertz CT molecular complexity index is 184. The first-order chi connectivity index (χ1) is 5.78. The van der Waals surface area contributed by atoms with Gasteiger partial charge < -0.3 is 14.3 Å². The van der Waals surface area contributed by atoms with Gasteiger partial charge in [0, 0.05) is 20.0 Å². The molecule has 1 unspecified atom stereocenters. The molecule has 0 N–H and O–H groups in total. The van der Waals surface area contributed by atoms with E-state index < -0.39 is 0 Å². The molecule has 1 saturated heterocycles. The first-order valence-electron chi connectivity index (χ1n) is 4.44. The van der Waals surface area contributed by atoms with Crippen LogP contribution in [0.5, 0.6) is 0 Å². The van der Waals surface area contributed by atoms with Gasteiger partial charge >= 0.3 is 0 Å². The van der Waals surface area contributed by atoms with Crippen molar-refractivity contribution in [2.24, 2.45) is 0 Å². The predicted molar refractivity (Wildman–Crippen MR) is 42.9 cm³/mol. The van der Waals surface area contributed by atoms with E-state index in [1.54, 1.807) is 7.11 Å². The molecule has 0 aromatic carbocycles. The summed E-state index contributed by atoms with van der Waals surface area (Å²) >= 11 is 0. The standard InChI is InChI=1S/C9H14O3/c1-11-8-4-9(5-8)3-2-7(6-10)12-9/h6-8H,2-5H2,1H3. The van der Waals surface area contributed by atoms with Crippen LogP contribution >= 0.6 is 0 Å². The van der Waals surface area contributed by atoms with Crippen molar-refractivity contribution in [2.45, 2.75) is 43.5 Å². The molecule has 1 saturated carbocycles. The molecular formula is C9H14O3. The molecule has 2 rings (SSSR count). The van der Waals surface area contributed by atoms with Gasteiger partial charge in [0.2, 0.25) is 0 Å². The quantitative estimate of drug-likeness (QED) is 0.578. The third-order valence-electron chi connectivity index (χ3n) is 2.97. The second-order valence-electron chi connectivity index (χ2n) is 3.78. The summed E-state index contributed by atoms with van der Waals surface area (Å²) in [5, 5.41) is 0. The lowest BCUT2D eigenvalue weighted by molar-refractivity contribution is -0.159. The molecular weight excluding hydrogens is 156 g/mol. The van der Waals surface area contributed by atoms with Crippen LogP contribution in [0, 0.1) is 0 Å². The molecule has 2 fully saturated rings. The van der Waals surface area contributed by atoms with Crippen LogP contribution in [0.15, 0.2) is 0 Å². The molecule has 0 amide bonds. The highest BCUT2D eigenvalue weighted by atomic mass is 16.5. The molecule has 3 heteroatoms. The van der Waals surface area contributed by atoms with Gasteiger partial charge in [-0.05, 0) is 12.8 Å². The van der Waals surface area contributed by atoms with Gasteiger partial charge in [-0.25, -0.2) is 0 Å². The number of rotatable bonds is 2. The Labute approximate surface area is 72.0 Å². The average Bonchev–Trinajstić information content (AvgIpc) is 2.45. The van der Waals surface area contributed by atoms with Crippen LogP contribution in [0.4, 0.5) is 0 Å². The molecule has 0 aromatic rings. The minimum atomic E-state index is -0.150. The van der Waals surface area contributed by atoms with Crippen molar-refractivity contribution >= 4 is 6.29 Å². The van der Waals surface area contributed by atoms with Crippen LogP contribution in [0.3, 0.4) is 0 Å². The van der Waals surface area contributed by atoms with Gasteiger partial charge in [0.15, 0.2) is 0 Å². The maximum Gasteiger partial charge on any atom is 0.148 e. The monoisotopic (exact) mass is 170 g/mol. The summed E-state index contributed by atoms with van der Waals surface area (Å²) in [5.74, 6) is 0. The van der Waals surface area contributed by atoms with E-state index >= 15 is 0 Å². The molecule has 1 aliphatic heterocycles. The van der Waals surface area contributed by atoms with Crippen molar-refractivity contribution in [2.75, 3.05) is 7.11 Å². The fourth-order valence-corrected chi connectivity index (χ4v) is 2.18. The van der Waals surface area contributed by atoms with Crippen molar-refractivity contribution < 1.29 is 14.3 Å². The SMILES string of the molecule is COC1CC2(CCC(C=O)O2)C1. The Hall–Kier alpha value is -0.410. The first-order valence-corrected chi connectivity index (χ1v) is 4.44. The lowest BCUT2D eigenvalue weighted by atomic mass is 9.75. The zero-order valence-corrected chi connectivity index (χ0v) is 7.29. The van der Waals surface area contributed by atoms with Gasteiger partial charge in [-0.2, -0.15) is 0 Å². The topological polar surface area (TPSA) is 35.5 Å². The molecule has 1 aliphatic carbocycles. The first kappa shape index (κ1) is 8.20. The Morgan fingerprint density at radius 3 is 2.83 bits per heavy atom. The number of hydrogen-bond donors (Lipinski definition) is 0. The average molecular weight is 170 g/mol. The lowest BCUT2D eigenvalue weighted by Crippen LogP contribution is -2.48. The molecule has 0 radical (unpaired) electrons. The largest absolute Gasteiger partial charge is 0.381 e. The lowest BCUT2D eigenvalue weighted by Gasteiger charge is -2.43. The zero-order chi connectivity index (χ0) is 8.60. The third kappa shape index (κ3) is 1.17. The molecule has 3 nitrogen and oxygen atoms in total. The van der Waals surface area contributed by atoms with E-state index in [2.05, 4.69) is 0 Å². The van der Waals surface area contributed by atoms with E-state index in [4.69, 9.17) is 9.47 Å². The Morgan fingerprint density at radius 1 is 1.58 bits per heavy atom. The zero-order valence-electron chi connectivity index (χ0n) is 7.29. The molecule has 12 heavy (non-hydrogen) atoms. The van der Waals surface area contributed by atoms with Crippen molar-refractivity contribution in [1.29, 1.82) is 0 Å². The van der Waals surface area contributed by atoms with Crippen LogP contribution in [0.25, 0.3) is 0 Å². The number of carbonyl (C=O) groups excluding carboxylic acids is 1. The highest BCUT2D eigenvalue weighted by Gasteiger charge is 2.50. The summed E-state index contributed by atoms with van der Waals surface area (Å²) in [4.78, 5) is 10.4. The number of ether oxygens (including phenoxy) is 2. The molecule has 0 bridgehead atoms. The smallest absolute Gasteiger partial charge is 0.148 e. The van der Waals surface area contributed by atoms with E-state index in [0.29, 0.717) is 6.10 Å². The van der Waals surface area contributed by atoms with E-state index in [-0.39, 0.29) is 11.7 Å². The second-order valence-corrected chi connectivity index (χ2v) is 3.78. The molecule has 1 spiro atoms. The van der Waals surface area contributed by atoms with E-state index in [0.717, 1.165) is 32.0 Å².